The lowest BCUT2D eigenvalue weighted by Gasteiger charge is -2.29. The first-order chi connectivity index (χ1) is 13.6. The van der Waals surface area contributed by atoms with E-state index in [0.29, 0.717) is 31.1 Å². The van der Waals surface area contributed by atoms with E-state index in [2.05, 4.69) is 4.98 Å². The van der Waals surface area contributed by atoms with Gasteiger partial charge in [-0.15, -0.1) is 0 Å². The van der Waals surface area contributed by atoms with Gasteiger partial charge >= 0.3 is 6.09 Å². The fraction of sp³-hybridized carbons (Fsp3) is 0.364. The van der Waals surface area contributed by atoms with Crippen LogP contribution in [0.15, 0.2) is 42.1 Å². The fourth-order valence-corrected chi connectivity index (χ4v) is 4.27. The molecule has 6 heteroatoms. The van der Waals surface area contributed by atoms with Crippen LogP contribution in [0.4, 0.5) is 4.79 Å². The van der Waals surface area contributed by atoms with Gasteiger partial charge in [0.2, 0.25) is 0 Å². The first-order valence-electron chi connectivity index (χ1n) is 9.64. The number of aromatic nitrogens is 1. The zero-order valence-electron chi connectivity index (χ0n) is 15.8. The van der Waals surface area contributed by atoms with Gasteiger partial charge in [-0.25, -0.2) is 4.79 Å². The molecule has 28 heavy (non-hydrogen) atoms. The molecule has 1 atom stereocenters. The van der Waals surface area contributed by atoms with E-state index in [-0.39, 0.29) is 6.09 Å². The van der Waals surface area contributed by atoms with E-state index < -0.39 is 6.10 Å². The molecule has 2 heterocycles. The molecule has 1 aromatic heterocycles. The molecule has 2 aliphatic rings. The van der Waals surface area contributed by atoms with Crippen LogP contribution in [0.3, 0.4) is 0 Å². The van der Waals surface area contributed by atoms with E-state index in [0.717, 1.165) is 40.8 Å². The van der Waals surface area contributed by atoms with Crippen LogP contribution in [0.1, 0.15) is 48.3 Å². The van der Waals surface area contributed by atoms with Crippen LogP contribution in [-0.4, -0.2) is 40.8 Å². The maximum atomic E-state index is 12.0. The van der Waals surface area contributed by atoms with Crippen molar-refractivity contribution in [3.63, 3.8) is 0 Å². The van der Waals surface area contributed by atoms with Crippen molar-refractivity contribution in [1.29, 1.82) is 0 Å². The number of ether oxygens (including phenoxy) is 1. The van der Waals surface area contributed by atoms with Crippen molar-refractivity contribution in [2.45, 2.75) is 32.3 Å². The van der Waals surface area contributed by atoms with E-state index in [4.69, 9.17) is 16.3 Å². The maximum absolute atomic E-state index is 12.0. The fourth-order valence-electron chi connectivity index (χ4n) is 4.09. The van der Waals surface area contributed by atoms with Gasteiger partial charge in [-0.05, 0) is 54.7 Å². The molecule has 1 fully saturated rings. The lowest BCUT2D eigenvalue weighted by Crippen LogP contribution is -2.37. The van der Waals surface area contributed by atoms with Gasteiger partial charge in [-0.2, -0.15) is 0 Å². The number of rotatable bonds is 1. The third-order valence-electron chi connectivity index (χ3n) is 5.43. The Morgan fingerprint density at radius 3 is 2.86 bits per heavy atom. The first kappa shape index (κ1) is 19.0. The number of piperidine rings is 1. The lowest BCUT2D eigenvalue weighted by atomic mass is 9.88. The normalized spacial score (nSPS) is 19.0. The SMILES string of the molecule is CCOC(=O)N1CCC(=C2c3ccc(Cl)cc3C(O)Cc3cccnc32)CC1. The van der Waals surface area contributed by atoms with E-state index in [1.165, 1.54) is 5.57 Å². The number of aliphatic hydroxyl groups excluding tert-OH is 1. The molecule has 1 saturated heterocycles. The number of amides is 1. The van der Waals surface area contributed by atoms with E-state index in [1.807, 2.05) is 37.3 Å². The number of carbonyl (C=O) groups is 1. The average Bonchev–Trinajstić information content (AvgIpc) is 2.82. The Morgan fingerprint density at radius 2 is 2.11 bits per heavy atom. The topological polar surface area (TPSA) is 62.7 Å². The number of pyridine rings is 1. The van der Waals surface area contributed by atoms with Crippen molar-refractivity contribution in [1.82, 2.24) is 9.88 Å². The minimum absolute atomic E-state index is 0.256. The molecule has 0 radical (unpaired) electrons. The van der Waals surface area contributed by atoms with Gasteiger partial charge in [0.1, 0.15) is 0 Å². The van der Waals surface area contributed by atoms with Crippen LogP contribution in [-0.2, 0) is 11.2 Å². The van der Waals surface area contributed by atoms with Crippen molar-refractivity contribution in [3.8, 4) is 0 Å². The summed E-state index contributed by atoms with van der Waals surface area (Å²) in [6.07, 6.45) is 2.91. The van der Waals surface area contributed by atoms with Gasteiger partial charge in [0, 0.05) is 36.3 Å². The molecule has 4 rings (SSSR count). The van der Waals surface area contributed by atoms with Gasteiger partial charge in [0.25, 0.3) is 0 Å². The Morgan fingerprint density at radius 1 is 1.32 bits per heavy atom. The van der Waals surface area contributed by atoms with E-state index in [1.54, 1.807) is 11.1 Å². The Labute approximate surface area is 169 Å². The predicted molar refractivity (Wildman–Crippen MR) is 108 cm³/mol. The highest BCUT2D eigenvalue weighted by Gasteiger charge is 2.29. The number of hydrogen-bond acceptors (Lipinski definition) is 4. The third-order valence-corrected chi connectivity index (χ3v) is 5.66. The second-order valence-corrected chi connectivity index (χ2v) is 7.56. The summed E-state index contributed by atoms with van der Waals surface area (Å²) in [6.45, 7) is 3.43. The van der Waals surface area contributed by atoms with Crippen molar-refractivity contribution in [2.24, 2.45) is 0 Å². The van der Waals surface area contributed by atoms with Crippen molar-refractivity contribution in [2.75, 3.05) is 19.7 Å². The van der Waals surface area contributed by atoms with Gasteiger partial charge in [-0.3, -0.25) is 4.98 Å². The Hall–Kier alpha value is -2.37. The van der Waals surface area contributed by atoms with E-state index in [9.17, 15) is 9.90 Å². The maximum Gasteiger partial charge on any atom is 0.409 e. The highest BCUT2D eigenvalue weighted by atomic mass is 35.5. The summed E-state index contributed by atoms with van der Waals surface area (Å²) in [5.41, 5.74) is 6.08. The molecule has 1 aliphatic carbocycles. The highest BCUT2D eigenvalue weighted by Crippen LogP contribution is 2.41. The molecule has 1 aromatic carbocycles. The molecular weight excluding hydrogens is 376 g/mol. The summed E-state index contributed by atoms with van der Waals surface area (Å²) >= 11 is 6.22. The average molecular weight is 399 g/mol. The first-order valence-corrected chi connectivity index (χ1v) is 10.0. The summed E-state index contributed by atoms with van der Waals surface area (Å²) in [7, 11) is 0. The molecule has 0 spiro atoms. The largest absolute Gasteiger partial charge is 0.450 e. The molecule has 0 saturated carbocycles. The summed E-state index contributed by atoms with van der Waals surface area (Å²) in [4.78, 5) is 18.5. The van der Waals surface area contributed by atoms with Crippen LogP contribution in [0.25, 0.3) is 5.57 Å². The lowest BCUT2D eigenvalue weighted by molar-refractivity contribution is 0.104. The van der Waals surface area contributed by atoms with Crippen LogP contribution < -0.4 is 0 Å². The number of carbonyl (C=O) groups excluding carboxylic acids is 1. The minimum atomic E-state index is -0.630. The van der Waals surface area contributed by atoms with Crippen LogP contribution >= 0.6 is 11.6 Å². The summed E-state index contributed by atoms with van der Waals surface area (Å²) < 4.78 is 5.13. The van der Waals surface area contributed by atoms with Crippen LogP contribution in [0.5, 0.6) is 0 Å². The monoisotopic (exact) mass is 398 g/mol. The number of likely N-dealkylation sites (tertiary alicyclic amines) is 1. The van der Waals surface area contributed by atoms with Crippen LogP contribution in [0.2, 0.25) is 5.02 Å². The van der Waals surface area contributed by atoms with Crippen molar-refractivity contribution in [3.05, 3.63) is 69.5 Å². The number of benzene rings is 1. The Kier molecular flexibility index (Phi) is 5.38. The van der Waals surface area contributed by atoms with Crippen LogP contribution in [0, 0.1) is 0 Å². The van der Waals surface area contributed by atoms with Crippen molar-refractivity contribution < 1.29 is 14.6 Å². The molecular formula is C22H23ClN2O3. The van der Waals surface area contributed by atoms with Gasteiger partial charge < -0.3 is 14.7 Å². The predicted octanol–water partition coefficient (Wildman–Crippen LogP) is 4.38. The molecule has 5 nitrogen and oxygen atoms in total. The van der Waals surface area contributed by atoms with Gasteiger partial charge in [0.05, 0.1) is 18.4 Å². The number of hydrogen-bond donors (Lipinski definition) is 1. The molecule has 1 aliphatic heterocycles. The minimum Gasteiger partial charge on any atom is -0.450 e. The zero-order valence-corrected chi connectivity index (χ0v) is 16.6. The molecule has 1 N–H and O–H groups in total. The Bertz CT molecular complexity index is 931. The standard InChI is InChI=1S/C22H23ClN2O3/c1-2-28-22(27)25-10-7-14(8-11-25)20-17-6-5-16(23)13-18(17)19(26)12-15-4-3-9-24-21(15)20/h3-6,9,13,19,26H,2,7-8,10-12H2,1H3. The number of aliphatic hydroxyl groups is 1. The molecule has 2 aromatic rings. The quantitative estimate of drug-likeness (QED) is 0.774. The molecule has 0 bridgehead atoms. The Balaban J connectivity index is 1.79. The summed E-state index contributed by atoms with van der Waals surface area (Å²) in [6, 6.07) is 9.61. The van der Waals surface area contributed by atoms with E-state index >= 15 is 0 Å². The number of halogens is 1. The molecule has 1 unspecified atom stereocenters. The van der Waals surface area contributed by atoms with Gasteiger partial charge in [-0.1, -0.05) is 29.3 Å². The summed E-state index contributed by atoms with van der Waals surface area (Å²) in [5.74, 6) is 0. The smallest absolute Gasteiger partial charge is 0.409 e. The van der Waals surface area contributed by atoms with Gasteiger partial charge in [0.15, 0.2) is 0 Å². The third kappa shape index (κ3) is 3.52. The number of nitrogens with zero attached hydrogens (tertiary/aromatic N) is 2. The second-order valence-electron chi connectivity index (χ2n) is 7.13. The zero-order chi connectivity index (χ0) is 19.7. The second kappa shape index (κ2) is 7.94. The summed E-state index contributed by atoms with van der Waals surface area (Å²) in [5, 5.41) is 11.4. The highest BCUT2D eigenvalue weighted by molar-refractivity contribution is 6.30. The molecule has 1 amide bonds. The number of fused-ring (bicyclic) bond motifs is 2. The van der Waals surface area contributed by atoms with Crippen molar-refractivity contribution >= 4 is 23.3 Å². The molecule has 146 valence electrons.